The molecule has 0 aliphatic heterocycles. The van der Waals surface area contributed by atoms with Gasteiger partial charge >= 0.3 is 0 Å². The highest BCUT2D eigenvalue weighted by Gasteiger charge is 2.12. The van der Waals surface area contributed by atoms with Crippen LogP contribution in [0.25, 0.3) is 5.82 Å². The molecule has 106 valence electrons. The summed E-state index contributed by atoms with van der Waals surface area (Å²) in [5, 5.41) is 5.10. The Morgan fingerprint density at radius 3 is 3.05 bits per heavy atom. The maximum atomic E-state index is 12.0. The molecule has 1 N–H and O–H groups in total. The van der Waals surface area contributed by atoms with Gasteiger partial charge in [-0.05, 0) is 6.07 Å². The second-order valence-corrected chi connectivity index (χ2v) is 5.36. The van der Waals surface area contributed by atoms with Crippen molar-refractivity contribution < 1.29 is 4.79 Å². The van der Waals surface area contributed by atoms with Crippen LogP contribution in [0.15, 0.2) is 42.4 Å². The standard InChI is InChI=1S/C13H10ClN5OS/c14-10-7-21-13(18-10)12(20)17-6-9-2-1-3-16-11(9)19-5-4-15-8-19/h1-5,7-8H,6H2,(H,17,20). The lowest BCUT2D eigenvalue weighted by molar-refractivity contribution is 0.0950. The smallest absolute Gasteiger partial charge is 0.280 e. The van der Waals surface area contributed by atoms with Crippen LogP contribution < -0.4 is 5.32 Å². The molecule has 0 atom stereocenters. The fourth-order valence-corrected chi connectivity index (χ4v) is 2.65. The Hall–Kier alpha value is -2.25. The van der Waals surface area contributed by atoms with Gasteiger partial charge in [0.25, 0.3) is 5.91 Å². The normalized spacial score (nSPS) is 10.5. The minimum absolute atomic E-state index is 0.257. The van der Waals surface area contributed by atoms with Crippen molar-refractivity contribution >= 4 is 28.8 Å². The number of amides is 1. The van der Waals surface area contributed by atoms with E-state index in [2.05, 4.69) is 20.3 Å². The molecular formula is C13H10ClN5OS. The van der Waals surface area contributed by atoms with Crippen molar-refractivity contribution in [3.63, 3.8) is 0 Å². The largest absolute Gasteiger partial charge is 0.346 e. The van der Waals surface area contributed by atoms with E-state index in [1.807, 2.05) is 12.1 Å². The number of hydrogen-bond acceptors (Lipinski definition) is 5. The average molecular weight is 320 g/mol. The third kappa shape index (κ3) is 3.09. The minimum Gasteiger partial charge on any atom is -0.346 e. The van der Waals surface area contributed by atoms with Gasteiger partial charge in [0.2, 0.25) is 0 Å². The summed E-state index contributed by atoms with van der Waals surface area (Å²) in [4.78, 5) is 24.2. The highest BCUT2D eigenvalue weighted by molar-refractivity contribution is 7.12. The predicted octanol–water partition coefficient (Wildman–Crippen LogP) is 2.31. The number of nitrogens with one attached hydrogen (secondary N) is 1. The van der Waals surface area contributed by atoms with Crippen molar-refractivity contribution in [3.05, 3.63) is 58.2 Å². The van der Waals surface area contributed by atoms with Gasteiger partial charge < -0.3 is 5.32 Å². The second kappa shape index (κ2) is 6.02. The van der Waals surface area contributed by atoms with Crippen LogP contribution in [0.2, 0.25) is 5.15 Å². The van der Waals surface area contributed by atoms with Gasteiger partial charge in [0, 0.05) is 36.1 Å². The topological polar surface area (TPSA) is 72.7 Å². The summed E-state index contributed by atoms with van der Waals surface area (Å²) < 4.78 is 1.79. The summed E-state index contributed by atoms with van der Waals surface area (Å²) >= 11 is 6.92. The Balaban J connectivity index is 1.75. The van der Waals surface area contributed by atoms with Crippen LogP contribution in [0.4, 0.5) is 0 Å². The number of carbonyl (C=O) groups is 1. The monoisotopic (exact) mass is 319 g/mol. The molecule has 0 aromatic carbocycles. The van der Waals surface area contributed by atoms with Crippen LogP contribution in [0.3, 0.4) is 0 Å². The number of nitrogens with zero attached hydrogens (tertiary/aromatic N) is 4. The van der Waals surface area contributed by atoms with Crippen molar-refractivity contribution in [2.45, 2.75) is 6.54 Å². The molecule has 3 heterocycles. The van der Waals surface area contributed by atoms with E-state index in [9.17, 15) is 4.79 Å². The van der Waals surface area contributed by atoms with Crippen molar-refractivity contribution in [1.29, 1.82) is 0 Å². The Bertz CT molecular complexity index is 756. The third-order valence-corrected chi connectivity index (χ3v) is 3.89. The van der Waals surface area contributed by atoms with Gasteiger partial charge in [0.15, 0.2) is 5.01 Å². The van der Waals surface area contributed by atoms with E-state index in [-0.39, 0.29) is 5.91 Å². The maximum absolute atomic E-state index is 12.0. The van der Waals surface area contributed by atoms with Crippen molar-refractivity contribution in [2.24, 2.45) is 0 Å². The number of aromatic nitrogens is 4. The van der Waals surface area contributed by atoms with Crippen molar-refractivity contribution in [1.82, 2.24) is 24.8 Å². The van der Waals surface area contributed by atoms with Crippen LogP contribution in [-0.4, -0.2) is 25.4 Å². The zero-order valence-electron chi connectivity index (χ0n) is 10.7. The molecular weight excluding hydrogens is 310 g/mol. The lowest BCUT2D eigenvalue weighted by Gasteiger charge is -2.09. The summed E-state index contributed by atoms with van der Waals surface area (Å²) in [6.07, 6.45) is 6.83. The van der Waals surface area contributed by atoms with Gasteiger partial charge in [0.1, 0.15) is 17.3 Å². The predicted molar refractivity (Wildman–Crippen MR) is 79.7 cm³/mol. The Labute approximate surface area is 129 Å². The molecule has 0 aliphatic carbocycles. The zero-order chi connectivity index (χ0) is 14.7. The third-order valence-electron chi connectivity index (χ3n) is 2.73. The van der Waals surface area contributed by atoms with Crippen LogP contribution in [0, 0.1) is 0 Å². The number of hydrogen-bond donors (Lipinski definition) is 1. The van der Waals surface area contributed by atoms with Gasteiger partial charge in [0.05, 0.1) is 0 Å². The first-order valence-corrected chi connectivity index (χ1v) is 7.31. The minimum atomic E-state index is -0.257. The lowest BCUT2D eigenvalue weighted by Crippen LogP contribution is -2.23. The molecule has 0 saturated carbocycles. The van der Waals surface area contributed by atoms with Gasteiger partial charge in [-0.2, -0.15) is 0 Å². The van der Waals surface area contributed by atoms with Gasteiger partial charge in [-0.1, -0.05) is 17.7 Å². The summed E-state index contributed by atoms with van der Waals surface area (Å²) in [7, 11) is 0. The number of thiazole rings is 1. The molecule has 0 aliphatic rings. The number of pyridine rings is 1. The van der Waals surface area contributed by atoms with E-state index in [1.165, 1.54) is 11.3 Å². The maximum Gasteiger partial charge on any atom is 0.280 e. The SMILES string of the molecule is O=C(NCc1cccnc1-n1ccnc1)c1nc(Cl)cs1. The highest BCUT2D eigenvalue weighted by atomic mass is 35.5. The fourth-order valence-electron chi connectivity index (χ4n) is 1.79. The number of imidazole rings is 1. The number of rotatable bonds is 4. The van der Waals surface area contributed by atoms with E-state index >= 15 is 0 Å². The zero-order valence-corrected chi connectivity index (χ0v) is 12.3. The molecule has 0 bridgehead atoms. The molecule has 3 aromatic heterocycles. The molecule has 6 nitrogen and oxygen atoms in total. The molecule has 0 spiro atoms. The van der Waals surface area contributed by atoms with E-state index in [0.717, 1.165) is 11.4 Å². The Morgan fingerprint density at radius 2 is 2.33 bits per heavy atom. The summed E-state index contributed by atoms with van der Waals surface area (Å²) in [5.74, 6) is 0.472. The second-order valence-electron chi connectivity index (χ2n) is 4.11. The van der Waals surface area contributed by atoms with Gasteiger partial charge in [-0.15, -0.1) is 11.3 Å². The molecule has 21 heavy (non-hydrogen) atoms. The summed E-state index contributed by atoms with van der Waals surface area (Å²) in [6.45, 7) is 0.345. The first-order chi connectivity index (χ1) is 10.2. The summed E-state index contributed by atoms with van der Waals surface area (Å²) in [5.41, 5.74) is 0.881. The van der Waals surface area contributed by atoms with Crippen molar-refractivity contribution in [2.75, 3.05) is 0 Å². The lowest BCUT2D eigenvalue weighted by atomic mass is 10.2. The molecule has 0 fully saturated rings. The van der Waals surface area contributed by atoms with Crippen molar-refractivity contribution in [3.8, 4) is 5.82 Å². The molecule has 0 unspecified atom stereocenters. The van der Waals surface area contributed by atoms with Crippen LogP contribution >= 0.6 is 22.9 Å². The number of carbonyl (C=O) groups excluding carboxylic acids is 1. The van der Waals surface area contributed by atoms with E-state index in [1.54, 1.807) is 34.9 Å². The van der Waals surface area contributed by atoms with Crippen LogP contribution in [0.1, 0.15) is 15.4 Å². The van der Waals surface area contributed by atoms with Gasteiger partial charge in [-0.25, -0.2) is 15.0 Å². The molecule has 0 radical (unpaired) electrons. The van der Waals surface area contributed by atoms with E-state index in [4.69, 9.17) is 11.6 Å². The summed E-state index contributed by atoms with van der Waals surface area (Å²) in [6, 6.07) is 3.72. The molecule has 3 aromatic rings. The van der Waals surface area contributed by atoms with Crippen LogP contribution in [-0.2, 0) is 6.54 Å². The first-order valence-electron chi connectivity index (χ1n) is 6.05. The van der Waals surface area contributed by atoms with Gasteiger partial charge in [-0.3, -0.25) is 9.36 Å². The van der Waals surface area contributed by atoms with E-state index < -0.39 is 0 Å². The van der Waals surface area contributed by atoms with Crippen LogP contribution in [0.5, 0.6) is 0 Å². The average Bonchev–Trinajstić information content (AvgIpc) is 3.16. The Morgan fingerprint density at radius 1 is 1.43 bits per heavy atom. The quantitative estimate of drug-likeness (QED) is 0.801. The number of halogens is 1. The highest BCUT2D eigenvalue weighted by Crippen LogP contribution is 2.15. The molecule has 3 rings (SSSR count). The van der Waals surface area contributed by atoms with E-state index in [0.29, 0.717) is 16.7 Å². The Kier molecular flexibility index (Phi) is 3.94. The fraction of sp³-hybridized carbons (Fsp3) is 0.0769. The first kappa shape index (κ1) is 13.7. The molecule has 1 amide bonds. The molecule has 0 saturated heterocycles. The molecule has 8 heteroatoms.